The molecule has 3 nitrogen and oxygen atoms in total. The number of hydrazine groups is 1. The Balaban J connectivity index is 1.51. The fourth-order valence-electron chi connectivity index (χ4n) is 2.89. The second-order valence-corrected chi connectivity index (χ2v) is 7.09. The summed E-state index contributed by atoms with van der Waals surface area (Å²) >= 11 is 0. The molecule has 4 heteroatoms. The molecule has 0 aliphatic heterocycles. The highest BCUT2D eigenvalue weighted by Crippen LogP contribution is 2.46. The van der Waals surface area contributed by atoms with E-state index >= 15 is 0 Å². The van der Waals surface area contributed by atoms with Crippen LogP contribution in [0.15, 0.2) is 18.2 Å². The van der Waals surface area contributed by atoms with Gasteiger partial charge in [-0.3, -0.25) is 5.43 Å². The molecule has 2 saturated carbocycles. The maximum Gasteiger partial charge on any atom is 0.165 e. The smallest absolute Gasteiger partial charge is 0.165 e. The van der Waals surface area contributed by atoms with Gasteiger partial charge in [-0.2, -0.15) is 0 Å². The number of benzene rings is 1. The van der Waals surface area contributed by atoms with Gasteiger partial charge in [-0.1, -0.05) is 32.3 Å². The largest absolute Gasteiger partial charge is 0.490 e. The number of hydrogen-bond donors (Lipinski definition) is 2. The van der Waals surface area contributed by atoms with Crippen LogP contribution < -0.4 is 15.6 Å². The summed E-state index contributed by atoms with van der Waals surface area (Å²) < 4.78 is 19.6. The first-order valence-corrected chi connectivity index (χ1v) is 9.16. The zero-order valence-electron chi connectivity index (χ0n) is 14.2. The summed E-state index contributed by atoms with van der Waals surface area (Å²) in [5, 5.41) is 0. The Bertz CT molecular complexity index is 512. The Kier molecular flexibility index (Phi) is 5.54. The van der Waals surface area contributed by atoms with Crippen LogP contribution in [-0.4, -0.2) is 13.2 Å². The number of ether oxygens (including phenoxy) is 1. The molecule has 0 amide bonds. The van der Waals surface area contributed by atoms with E-state index in [2.05, 4.69) is 17.8 Å². The molecule has 0 radical (unpaired) electrons. The van der Waals surface area contributed by atoms with Gasteiger partial charge in [0.2, 0.25) is 0 Å². The van der Waals surface area contributed by atoms with Crippen molar-refractivity contribution in [3.05, 3.63) is 29.6 Å². The Morgan fingerprint density at radius 1 is 1.22 bits per heavy atom. The molecule has 0 aromatic heterocycles. The van der Waals surface area contributed by atoms with Crippen molar-refractivity contribution in [2.75, 3.05) is 13.2 Å². The van der Waals surface area contributed by atoms with E-state index in [-0.39, 0.29) is 11.4 Å². The normalized spacial score (nSPS) is 18.9. The van der Waals surface area contributed by atoms with Crippen molar-refractivity contribution < 1.29 is 9.13 Å². The predicted molar refractivity (Wildman–Crippen MR) is 90.8 cm³/mol. The van der Waals surface area contributed by atoms with E-state index in [4.69, 9.17) is 4.74 Å². The standard InChI is InChI=1S/C19H29FN2O/c1-2-3-4-5-12-21-22-19(10-11-19)16-8-9-17(20)18(13-16)23-14-15-6-7-15/h8-9,13,15,21-22H,2-7,10-12,14H2,1H3. The quantitative estimate of drug-likeness (QED) is 0.472. The van der Waals surface area contributed by atoms with Gasteiger partial charge in [-0.15, -0.1) is 0 Å². The third-order valence-electron chi connectivity index (χ3n) is 4.89. The highest BCUT2D eigenvalue weighted by Gasteiger charge is 2.44. The molecule has 2 aliphatic carbocycles. The summed E-state index contributed by atoms with van der Waals surface area (Å²) in [4.78, 5) is 0. The summed E-state index contributed by atoms with van der Waals surface area (Å²) in [6.45, 7) is 3.85. The lowest BCUT2D eigenvalue weighted by atomic mass is 10.1. The predicted octanol–water partition coefficient (Wildman–Crippen LogP) is 4.28. The van der Waals surface area contributed by atoms with Gasteiger partial charge in [0, 0.05) is 6.54 Å². The van der Waals surface area contributed by atoms with Crippen molar-refractivity contribution in [2.24, 2.45) is 5.92 Å². The van der Waals surface area contributed by atoms with E-state index in [1.54, 1.807) is 6.07 Å². The first kappa shape index (κ1) is 16.7. The van der Waals surface area contributed by atoms with Crippen molar-refractivity contribution in [1.82, 2.24) is 10.9 Å². The number of halogens is 1. The van der Waals surface area contributed by atoms with Crippen LogP contribution in [0.25, 0.3) is 0 Å². The summed E-state index contributed by atoms with van der Waals surface area (Å²) in [5.41, 5.74) is 7.91. The summed E-state index contributed by atoms with van der Waals surface area (Å²) in [6, 6.07) is 5.31. The Morgan fingerprint density at radius 2 is 2.04 bits per heavy atom. The molecule has 2 N–H and O–H groups in total. The lowest BCUT2D eigenvalue weighted by molar-refractivity contribution is 0.284. The Hall–Kier alpha value is -1.13. The van der Waals surface area contributed by atoms with Gasteiger partial charge in [0.15, 0.2) is 11.6 Å². The van der Waals surface area contributed by atoms with Gasteiger partial charge in [0.05, 0.1) is 12.1 Å². The third-order valence-corrected chi connectivity index (χ3v) is 4.89. The van der Waals surface area contributed by atoms with Crippen LogP contribution >= 0.6 is 0 Å². The fraction of sp³-hybridized carbons (Fsp3) is 0.684. The molecule has 0 spiro atoms. The number of hydrogen-bond acceptors (Lipinski definition) is 3. The van der Waals surface area contributed by atoms with Gasteiger partial charge < -0.3 is 4.74 Å². The van der Waals surface area contributed by atoms with Gasteiger partial charge in [0.25, 0.3) is 0 Å². The molecule has 2 aliphatic rings. The van der Waals surface area contributed by atoms with Crippen molar-refractivity contribution in [1.29, 1.82) is 0 Å². The number of unbranched alkanes of at least 4 members (excludes halogenated alkanes) is 3. The average molecular weight is 320 g/mol. The maximum absolute atomic E-state index is 13.9. The molecular weight excluding hydrogens is 291 g/mol. The van der Waals surface area contributed by atoms with E-state index in [1.807, 2.05) is 12.1 Å². The lowest BCUT2D eigenvalue weighted by Gasteiger charge is -2.20. The Labute approximate surface area is 139 Å². The minimum atomic E-state index is -0.252. The maximum atomic E-state index is 13.9. The molecule has 128 valence electrons. The molecule has 1 aromatic rings. The van der Waals surface area contributed by atoms with Crippen LogP contribution in [-0.2, 0) is 5.54 Å². The zero-order chi connectivity index (χ0) is 16.1. The zero-order valence-corrected chi connectivity index (χ0v) is 14.2. The van der Waals surface area contributed by atoms with Crippen LogP contribution in [0, 0.1) is 11.7 Å². The topological polar surface area (TPSA) is 33.3 Å². The Morgan fingerprint density at radius 3 is 2.74 bits per heavy atom. The molecule has 0 unspecified atom stereocenters. The van der Waals surface area contributed by atoms with Crippen LogP contribution in [0.1, 0.15) is 63.9 Å². The van der Waals surface area contributed by atoms with Crippen LogP contribution in [0.5, 0.6) is 5.75 Å². The molecule has 2 fully saturated rings. The molecule has 0 saturated heterocycles. The fourth-order valence-corrected chi connectivity index (χ4v) is 2.89. The van der Waals surface area contributed by atoms with E-state index in [0.717, 1.165) is 24.9 Å². The molecular formula is C19H29FN2O. The number of rotatable bonds is 11. The first-order chi connectivity index (χ1) is 11.2. The monoisotopic (exact) mass is 320 g/mol. The second-order valence-electron chi connectivity index (χ2n) is 7.09. The van der Waals surface area contributed by atoms with E-state index in [1.165, 1.54) is 38.5 Å². The second kappa shape index (κ2) is 7.63. The van der Waals surface area contributed by atoms with E-state index in [9.17, 15) is 4.39 Å². The molecule has 0 bridgehead atoms. The van der Waals surface area contributed by atoms with Gasteiger partial charge in [-0.05, 0) is 55.7 Å². The molecule has 23 heavy (non-hydrogen) atoms. The highest BCUT2D eigenvalue weighted by molar-refractivity contribution is 5.37. The van der Waals surface area contributed by atoms with E-state index < -0.39 is 0 Å². The van der Waals surface area contributed by atoms with Gasteiger partial charge >= 0.3 is 0 Å². The first-order valence-electron chi connectivity index (χ1n) is 9.16. The molecule has 3 rings (SSSR count). The van der Waals surface area contributed by atoms with Gasteiger partial charge in [0.1, 0.15) is 0 Å². The summed E-state index contributed by atoms with van der Waals surface area (Å²) in [5.74, 6) is 0.791. The van der Waals surface area contributed by atoms with Crippen LogP contribution in [0.3, 0.4) is 0 Å². The van der Waals surface area contributed by atoms with Crippen LogP contribution in [0.2, 0.25) is 0 Å². The molecule has 0 heterocycles. The SMILES string of the molecule is CCCCCCNNC1(c2ccc(F)c(OCC3CC3)c2)CC1. The molecule has 0 atom stereocenters. The van der Waals surface area contributed by atoms with Crippen molar-refractivity contribution in [3.8, 4) is 5.75 Å². The van der Waals surface area contributed by atoms with Gasteiger partial charge in [-0.25, -0.2) is 9.82 Å². The summed E-state index contributed by atoms with van der Waals surface area (Å²) in [7, 11) is 0. The number of nitrogens with one attached hydrogen (secondary N) is 2. The van der Waals surface area contributed by atoms with Crippen molar-refractivity contribution >= 4 is 0 Å². The van der Waals surface area contributed by atoms with Crippen molar-refractivity contribution in [3.63, 3.8) is 0 Å². The van der Waals surface area contributed by atoms with Crippen molar-refractivity contribution in [2.45, 2.75) is 63.8 Å². The van der Waals surface area contributed by atoms with Crippen LogP contribution in [0.4, 0.5) is 4.39 Å². The average Bonchev–Trinajstić information content (AvgIpc) is 3.45. The summed E-state index contributed by atoms with van der Waals surface area (Å²) in [6.07, 6.45) is 9.63. The molecule has 1 aromatic carbocycles. The van der Waals surface area contributed by atoms with E-state index in [0.29, 0.717) is 18.3 Å². The third kappa shape index (κ3) is 4.67. The highest BCUT2D eigenvalue weighted by atomic mass is 19.1. The minimum Gasteiger partial charge on any atom is -0.490 e. The lowest BCUT2D eigenvalue weighted by Crippen LogP contribution is -2.41. The minimum absolute atomic E-state index is 0.0316.